The van der Waals surface area contributed by atoms with Gasteiger partial charge in [0.25, 0.3) is 0 Å². The fraction of sp³-hybridized carbons (Fsp3) is 0.600. The number of aryl methyl sites for hydroxylation is 1. The molecule has 2 N–H and O–H groups in total. The summed E-state index contributed by atoms with van der Waals surface area (Å²) in [5.41, 5.74) is 1.36. The molecule has 2 saturated heterocycles. The average Bonchev–Trinajstić information content (AvgIpc) is 2.82. The first kappa shape index (κ1) is 19.0. The number of halogens is 1. The third-order valence-electron chi connectivity index (χ3n) is 5.83. The molecule has 3 rings (SSSR count). The zero-order valence-electron chi connectivity index (χ0n) is 15.2. The van der Waals surface area contributed by atoms with Crippen LogP contribution in [0.15, 0.2) is 24.3 Å². The summed E-state index contributed by atoms with van der Waals surface area (Å²) in [6.07, 6.45) is 6.33. The van der Waals surface area contributed by atoms with Crippen molar-refractivity contribution >= 4 is 23.5 Å². The molecule has 0 unspecified atom stereocenters. The van der Waals surface area contributed by atoms with Gasteiger partial charge in [-0.05, 0) is 55.6 Å². The Labute approximate surface area is 160 Å². The Morgan fingerprint density at radius 1 is 1.19 bits per heavy atom. The Kier molecular flexibility index (Phi) is 6.41. The van der Waals surface area contributed by atoms with E-state index in [2.05, 4.69) is 10.6 Å². The normalized spacial score (nSPS) is 19.7. The van der Waals surface area contributed by atoms with Crippen LogP contribution in [0.4, 0.5) is 4.79 Å². The van der Waals surface area contributed by atoms with E-state index in [0.717, 1.165) is 68.7 Å². The maximum Gasteiger partial charge on any atom is 0.317 e. The van der Waals surface area contributed by atoms with E-state index >= 15 is 0 Å². The molecule has 1 spiro atoms. The number of likely N-dealkylation sites (tertiary alicyclic amines) is 1. The monoisotopic (exact) mass is 377 g/mol. The predicted octanol–water partition coefficient (Wildman–Crippen LogP) is 3.36. The van der Waals surface area contributed by atoms with E-state index in [1.54, 1.807) is 0 Å². The lowest BCUT2D eigenvalue weighted by Gasteiger charge is -2.41. The van der Waals surface area contributed by atoms with E-state index in [-0.39, 0.29) is 17.4 Å². The minimum Gasteiger partial charge on any atom is -0.356 e. The number of amides is 3. The summed E-state index contributed by atoms with van der Waals surface area (Å²) in [4.78, 5) is 25.9. The van der Waals surface area contributed by atoms with Crippen molar-refractivity contribution in [3.05, 3.63) is 34.9 Å². The number of nitrogens with one attached hydrogen (secondary N) is 2. The molecular weight excluding hydrogens is 350 g/mol. The van der Waals surface area contributed by atoms with Crippen LogP contribution in [-0.2, 0) is 11.2 Å². The summed E-state index contributed by atoms with van der Waals surface area (Å²) in [6.45, 7) is 2.99. The van der Waals surface area contributed by atoms with Crippen molar-refractivity contribution in [2.24, 2.45) is 5.41 Å². The molecule has 3 amide bonds. The van der Waals surface area contributed by atoms with Gasteiger partial charge in [0.15, 0.2) is 0 Å². The van der Waals surface area contributed by atoms with Crippen LogP contribution < -0.4 is 10.6 Å². The highest BCUT2D eigenvalue weighted by molar-refractivity contribution is 6.31. The van der Waals surface area contributed by atoms with Crippen LogP contribution >= 0.6 is 11.6 Å². The third-order valence-corrected chi connectivity index (χ3v) is 6.20. The molecule has 142 valence electrons. The molecule has 2 heterocycles. The van der Waals surface area contributed by atoms with Crippen molar-refractivity contribution in [3.63, 3.8) is 0 Å². The standard InChI is InChI=1S/C20H28ClN3O2/c21-17-6-2-1-4-16(17)5-3-12-23-19(26)24-14-10-20(11-15-24)8-7-18(25)22-13-9-20/h1-2,4,6H,3,5,7-15H2,(H,22,25)(H,23,26). The maximum absolute atomic E-state index is 12.4. The minimum atomic E-state index is 0.0295. The van der Waals surface area contributed by atoms with E-state index < -0.39 is 0 Å². The van der Waals surface area contributed by atoms with Gasteiger partial charge in [-0.1, -0.05) is 29.8 Å². The lowest BCUT2D eigenvalue weighted by atomic mass is 9.73. The van der Waals surface area contributed by atoms with Gasteiger partial charge in [-0.25, -0.2) is 4.79 Å². The number of piperidine rings is 1. The highest BCUT2D eigenvalue weighted by Crippen LogP contribution is 2.40. The Morgan fingerprint density at radius 3 is 2.73 bits per heavy atom. The van der Waals surface area contributed by atoms with Gasteiger partial charge in [-0.3, -0.25) is 4.79 Å². The predicted molar refractivity (Wildman–Crippen MR) is 103 cm³/mol. The Bertz CT molecular complexity index is 642. The van der Waals surface area contributed by atoms with Crippen molar-refractivity contribution in [1.82, 2.24) is 15.5 Å². The van der Waals surface area contributed by atoms with Crippen molar-refractivity contribution in [2.45, 2.75) is 44.9 Å². The van der Waals surface area contributed by atoms with Gasteiger partial charge in [0.05, 0.1) is 0 Å². The zero-order chi connectivity index (χ0) is 18.4. The lowest BCUT2D eigenvalue weighted by Crippen LogP contribution is -2.47. The first-order valence-corrected chi connectivity index (χ1v) is 9.99. The summed E-state index contributed by atoms with van der Waals surface area (Å²) in [5, 5.41) is 6.78. The molecule has 0 aliphatic carbocycles. The van der Waals surface area contributed by atoms with E-state index in [4.69, 9.17) is 11.6 Å². The zero-order valence-corrected chi connectivity index (χ0v) is 16.0. The fourth-order valence-electron chi connectivity index (χ4n) is 4.03. The number of carbonyl (C=O) groups excluding carboxylic acids is 2. The number of carbonyl (C=O) groups is 2. The van der Waals surface area contributed by atoms with Gasteiger partial charge in [0.1, 0.15) is 0 Å². The van der Waals surface area contributed by atoms with Crippen molar-refractivity contribution in [1.29, 1.82) is 0 Å². The second-order valence-electron chi connectivity index (χ2n) is 7.51. The number of hydrogen-bond acceptors (Lipinski definition) is 2. The van der Waals surface area contributed by atoms with Gasteiger partial charge in [0.2, 0.25) is 5.91 Å². The number of nitrogens with zero attached hydrogens (tertiary/aromatic N) is 1. The summed E-state index contributed by atoms with van der Waals surface area (Å²) in [5.74, 6) is 0.167. The Hall–Kier alpha value is -1.75. The summed E-state index contributed by atoms with van der Waals surface area (Å²) in [7, 11) is 0. The van der Waals surface area contributed by atoms with E-state index in [9.17, 15) is 9.59 Å². The maximum atomic E-state index is 12.4. The number of rotatable bonds is 4. The summed E-state index contributed by atoms with van der Waals surface area (Å²) >= 11 is 6.16. The molecule has 6 heteroatoms. The van der Waals surface area contributed by atoms with Crippen LogP contribution in [0.2, 0.25) is 5.02 Å². The van der Waals surface area contributed by atoms with Crippen LogP contribution in [0.3, 0.4) is 0 Å². The Balaban J connectivity index is 1.38. The molecule has 2 aliphatic rings. The largest absolute Gasteiger partial charge is 0.356 e. The van der Waals surface area contributed by atoms with Crippen LogP contribution in [0, 0.1) is 5.41 Å². The average molecular weight is 378 g/mol. The second kappa shape index (κ2) is 8.76. The topological polar surface area (TPSA) is 61.4 Å². The smallest absolute Gasteiger partial charge is 0.317 e. The Morgan fingerprint density at radius 2 is 1.96 bits per heavy atom. The van der Waals surface area contributed by atoms with Crippen LogP contribution in [0.5, 0.6) is 0 Å². The highest BCUT2D eigenvalue weighted by atomic mass is 35.5. The number of hydrogen-bond donors (Lipinski definition) is 2. The fourth-order valence-corrected chi connectivity index (χ4v) is 4.26. The van der Waals surface area contributed by atoms with E-state index in [0.29, 0.717) is 13.0 Å². The molecule has 0 atom stereocenters. The number of benzene rings is 1. The first-order chi connectivity index (χ1) is 12.6. The first-order valence-electron chi connectivity index (χ1n) is 9.61. The lowest BCUT2D eigenvalue weighted by molar-refractivity contribution is -0.121. The van der Waals surface area contributed by atoms with E-state index in [1.165, 1.54) is 0 Å². The summed E-state index contributed by atoms with van der Waals surface area (Å²) in [6, 6.07) is 7.87. The molecule has 0 saturated carbocycles. The van der Waals surface area contributed by atoms with Crippen LogP contribution in [-0.4, -0.2) is 43.0 Å². The molecule has 1 aromatic carbocycles. The van der Waals surface area contributed by atoms with Crippen molar-refractivity contribution in [2.75, 3.05) is 26.2 Å². The van der Waals surface area contributed by atoms with Gasteiger partial charge in [-0.2, -0.15) is 0 Å². The molecule has 2 fully saturated rings. The molecule has 26 heavy (non-hydrogen) atoms. The molecule has 1 aromatic rings. The molecular formula is C20H28ClN3O2. The van der Waals surface area contributed by atoms with Crippen LogP contribution in [0.25, 0.3) is 0 Å². The minimum absolute atomic E-state index is 0.0295. The molecule has 0 bridgehead atoms. The summed E-state index contributed by atoms with van der Waals surface area (Å²) < 4.78 is 0. The van der Waals surface area contributed by atoms with Gasteiger partial charge >= 0.3 is 6.03 Å². The van der Waals surface area contributed by atoms with Gasteiger partial charge < -0.3 is 15.5 Å². The quantitative estimate of drug-likeness (QED) is 0.790. The third kappa shape index (κ3) is 4.91. The molecule has 2 aliphatic heterocycles. The second-order valence-corrected chi connectivity index (χ2v) is 7.92. The van der Waals surface area contributed by atoms with Crippen molar-refractivity contribution < 1.29 is 9.59 Å². The molecule has 0 radical (unpaired) electrons. The molecule has 5 nitrogen and oxygen atoms in total. The van der Waals surface area contributed by atoms with Gasteiger partial charge in [0, 0.05) is 37.6 Å². The number of urea groups is 1. The SMILES string of the molecule is O=C1CCC2(CCN1)CCN(C(=O)NCCCc1ccccc1Cl)CC2. The van der Waals surface area contributed by atoms with Crippen LogP contribution in [0.1, 0.15) is 44.1 Å². The molecule has 0 aromatic heterocycles. The van der Waals surface area contributed by atoms with Gasteiger partial charge in [-0.15, -0.1) is 0 Å². The van der Waals surface area contributed by atoms with Crippen molar-refractivity contribution in [3.8, 4) is 0 Å². The van der Waals surface area contributed by atoms with E-state index in [1.807, 2.05) is 29.2 Å². The highest BCUT2D eigenvalue weighted by Gasteiger charge is 2.37.